The molecule has 0 aliphatic rings. The van der Waals surface area contributed by atoms with Crippen molar-refractivity contribution in [3.8, 4) is 0 Å². The van der Waals surface area contributed by atoms with Crippen LogP contribution in [-0.2, 0) is 28.6 Å². The molecule has 0 spiro atoms. The van der Waals surface area contributed by atoms with E-state index in [1.165, 1.54) is 122 Å². The van der Waals surface area contributed by atoms with Crippen LogP contribution < -0.4 is 0 Å². The first-order chi connectivity index (χ1) is 31.5. The van der Waals surface area contributed by atoms with Crippen molar-refractivity contribution in [2.45, 2.75) is 252 Å². The van der Waals surface area contributed by atoms with E-state index in [9.17, 15) is 14.4 Å². The highest BCUT2D eigenvalue weighted by Gasteiger charge is 2.19. The smallest absolute Gasteiger partial charge is 0.309 e. The highest BCUT2D eigenvalue weighted by molar-refractivity contribution is 5.72. The normalized spacial score (nSPS) is 12.7. The van der Waals surface area contributed by atoms with Crippen LogP contribution in [-0.4, -0.2) is 37.2 Å². The summed E-state index contributed by atoms with van der Waals surface area (Å²) in [5.74, 6) is -1.07. The van der Waals surface area contributed by atoms with Gasteiger partial charge in [0.1, 0.15) is 13.2 Å². The van der Waals surface area contributed by atoms with Gasteiger partial charge in [0.2, 0.25) is 0 Å². The first kappa shape index (κ1) is 60.6. The molecule has 0 heterocycles. The van der Waals surface area contributed by atoms with Crippen molar-refractivity contribution in [1.82, 2.24) is 0 Å². The van der Waals surface area contributed by atoms with E-state index < -0.39 is 12.1 Å². The SMILES string of the molecule is CC/C=C\C/C=C\C/C=C\CC(=O)OCC(COC(=O)CCCCCCCCC/C=C\CCCCCCCCCC)OC(=O)CCCCCCC\C=C/C=C\C=C/CCCCCCC. The minimum Gasteiger partial charge on any atom is -0.462 e. The van der Waals surface area contributed by atoms with Crippen molar-refractivity contribution in [2.75, 3.05) is 13.2 Å². The number of ether oxygens (including phenoxy) is 3. The Hall–Kier alpha value is -3.41. The fraction of sp³-hybridized carbons (Fsp3) is 0.707. The molecule has 0 aromatic rings. The second-order valence-corrected chi connectivity index (χ2v) is 17.5. The van der Waals surface area contributed by atoms with E-state index in [1.54, 1.807) is 6.08 Å². The molecule has 0 aliphatic carbocycles. The summed E-state index contributed by atoms with van der Waals surface area (Å²) in [7, 11) is 0. The molecule has 0 amide bonds. The van der Waals surface area contributed by atoms with Crippen LogP contribution in [0.5, 0.6) is 0 Å². The largest absolute Gasteiger partial charge is 0.462 e. The summed E-state index contributed by atoms with van der Waals surface area (Å²) < 4.78 is 16.7. The molecule has 64 heavy (non-hydrogen) atoms. The van der Waals surface area contributed by atoms with Crippen molar-refractivity contribution >= 4 is 17.9 Å². The van der Waals surface area contributed by atoms with Crippen molar-refractivity contribution in [2.24, 2.45) is 0 Å². The molecule has 6 heteroatoms. The Morgan fingerprint density at radius 2 is 0.734 bits per heavy atom. The van der Waals surface area contributed by atoms with Gasteiger partial charge < -0.3 is 14.2 Å². The van der Waals surface area contributed by atoms with Crippen molar-refractivity contribution < 1.29 is 28.6 Å². The van der Waals surface area contributed by atoms with Crippen LogP contribution in [0, 0.1) is 0 Å². The van der Waals surface area contributed by atoms with E-state index in [1.807, 2.05) is 6.08 Å². The van der Waals surface area contributed by atoms with Gasteiger partial charge in [0, 0.05) is 12.8 Å². The van der Waals surface area contributed by atoms with E-state index in [4.69, 9.17) is 14.2 Å². The van der Waals surface area contributed by atoms with Gasteiger partial charge in [-0.1, -0.05) is 228 Å². The predicted molar refractivity (Wildman–Crippen MR) is 274 cm³/mol. The Kier molecular flexibility index (Phi) is 49.4. The monoisotopic (exact) mass is 891 g/mol. The lowest BCUT2D eigenvalue weighted by molar-refractivity contribution is -0.166. The fourth-order valence-electron chi connectivity index (χ4n) is 7.20. The molecule has 0 saturated carbocycles. The first-order valence-electron chi connectivity index (χ1n) is 26.6. The Labute approximate surface area is 395 Å². The van der Waals surface area contributed by atoms with Gasteiger partial charge in [0.05, 0.1) is 6.42 Å². The number of rotatable bonds is 47. The van der Waals surface area contributed by atoms with E-state index in [0.717, 1.165) is 83.5 Å². The Morgan fingerprint density at radius 3 is 1.20 bits per heavy atom. The predicted octanol–water partition coefficient (Wildman–Crippen LogP) is 17.6. The molecule has 1 unspecified atom stereocenters. The van der Waals surface area contributed by atoms with Gasteiger partial charge in [-0.3, -0.25) is 14.4 Å². The summed E-state index contributed by atoms with van der Waals surface area (Å²) in [5.41, 5.74) is 0. The Bertz CT molecular complexity index is 1250. The Balaban J connectivity index is 4.39. The molecule has 0 N–H and O–H groups in total. The molecule has 1 atom stereocenters. The van der Waals surface area contributed by atoms with Crippen LogP contribution in [0.2, 0.25) is 0 Å². The lowest BCUT2D eigenvalue weighted by Crippen LogP contribution is -2.30. The molecule has 0 radical (unpaired) electrons. The molecule has 0 aromatic heterocycles. The maximum absolute atomic E-state index is 12.8. The molecule has 366 valence electrons. The van der Waals surface area contributed by atoms with Crippen molar-refractivity contribution in [1.29, 1.82) is 0 Å². The van der Waals surface area contributed by atoms with Crippen LogP contribution in [0.15, 0.2) is 85.1 Å². The van der Waals surface area contributed by atoms with Gasteiger partial charge >= 0.3 is 17.9 Å². The van der Waals surface area contributed by atoms with Gasteiger partial charge in [0.15, 0.2) is 6.10 Å². The summed E-state index contributed by atoms with van der Waals surface area (Å²) in [6.45, 7) is 6.39. The van der Waals surface area contributed by atoms with Crippen LogP contribution in [0.1, 0.15) is 245 Å². The second kappa shape index (κ2) is 52.2. The number of esters is 3. The number of carbonyl (C=O) groups excluding carboxylic acids is 3. The van der Waals surface area contributed by atoms with Gasteiger partial charge in [-0.15, -0.1) is 0 Å². The minimum atomic E-state index is -0.824. The van der Waals surface area contributed by atoms with E-state index in [2.05, 4.69) is 93.7 Å². The summed E-state index contributed by atoms with van der Waals surface area (Å²) >= 11 is 0. The molecule has 0 rings (SSSR count). The molecule has 0 aliphatic heterocycles. The molecule has 0 fully saturated rings. The fourth-order valence-corrected chi connectivity index (χ4v) is 7.20. The van der Waals surface area contributed by atoms with Crippen LogP contribution >= 0.6 is 0 Å². The maximum atomic E-state index is 12.8. The second-order valence-electron chi connectivity index (χ2n) is 17.5. The quantitative estimate of drug-likeness (QED) is 0.0199. The summed E-state index contributed by atoms with van der Waals surface area (Å²) in [6, 6.07) is 0. The zero-order valence-corrected chi connectivity index (χ0v) is 41.8. The third-order valence-corrected chi connectivity index (χ3v) is 11.2. The molecule has 0 bridgehead atoms. The lowest BCUT2D eigenvalue weighted by Gasteiger charge is -2.18. The summed E-state index contributed by atoms with van der Waals surface area (Å²) in [6.07, 6.45) is 67.5. The number of carbonyl (C=O) groups is 3. The minimum absolute atomic E-state index is 0.114. The zero-order chi connectivity index (χ0) is 46.5. The van der Waals surface area contributed by atoms with Crippen LogP contribution in [0.4, 0.5) is 0 Å². The lowest BCUT2D eigenvalue weighted by atomic mass is 10.1. The van der Waals surface area contributed by atoms with Crippen molar-refractivity contribution in [3.05, 3.63) is 85.1 Å². The molecule has 0 aromatic carbocycles. The third-order valence-electron chi connectivity index (χ3n) is 11.2. The van der Waals surface area contributed by atoms with Gasteiger partial charge in [-0.2, -0.15) is 0 Å². The number of allylic oxidation sites excluding steroid dienone is 13. The molecule has 0 saturated heterocycles. The maximum Gasteiger partial charge on any atom is 0.309 e. The highest BCUT2D eigenvalue weighted by Crippen LogP contribution is 2.14. The van der Waals surface area contributed by atoms with Crippen LogP contribution in [0.3, 0.4) is 0 Å². The molecule has 6 nitrogen and oxygen atoms in total. The van der Waals surface area contributed by atoms with E-state index in [-0.39, 0.29) is 38.0 Å². The standard InChI is InChI=1S/C58H98O6/c1-4-7-10-13-16-19-21-23-25-27-29-31-32-34-36-39-42-45-48-51-57(60)63-54-55(53-62-56(59)50-47-44-41-38-18-15-12-9-6-3)64-58(61)52-49-46-43-40-37-35-33-30-28-26-24-22-20-17-14-11-8-5-2/h9,12,18,22,24,26-30,33,38,44,47,55H,4-8,10-11,13-17,19-21,23,25,31-32,34-37,39-43,45-46,48-54H2,1-3H3/b12-9-,24-22-,28-26-,29-27-,33-30-,38-18-,47-44-. The summed E-state index contributed by atoms with van der Waals surface area (Å²) in [5, 5.41) is 0. The topological polar surface area (TPSA) is 78.9 Å². The third kappa shape index (κ3) is 49.6. The molecular weight excluding hydrogens is 793 g/mol. The average molecular weight is 891 g/mol. The summed E-state index contributed by atoms with van der Waals surface area (Å²) in [4.78, 5) is 37.9. The van der Waals surface area contributed by atoms with E-state index in [0.29, 0.717) is 6.42 Å². The number of hydrogen-bond donors (Lipinski definition) is 0. The average Bonchev–Trinajstić information content (AvgIpc) is 3.29. The number of hydrogen-bond acceptors (Lipinski definition) is 6. The van der Waals surface area contributed by atoms with Gasteiger partial charge in [-0.25, -0.2) is 0 Å². The first-order valence-corrected chi connectivity index (χ1v) is 26.6. The zero-order valence-electron chi connectivity index (χ0n) is 41.8. The Morgan fingerprint density at radius 1 is 0.359 bits per heavy atom. The highest BCUT2D eigenvalue weighted by atomic mass is 16.6. The molecular formula is C58H98O6. The van der Waals surface area contributed by atoms with Crippen LogP contribution in [0.25, 0.3) is 0 Å². The number of unbranched alkanes of at least 4 members (excludes halogenated alkanes) is 25. The van der Waals surface area contributed by atoms with Gasteiger partial charge in [-0.05, 0) is 83.5 Å². The van der Waals surface area contributed by atoms with E-state index >= 15 is 0 Å². The van der Waals surface area contributed by atoms with Crippen molar-refractivity contribution in [3.63, 3.8) is 0 Å². The van der Waals surface area contributed by atoms with Gasteiger partial charge in [0.25, 0.3) is 0 Å².